The summed E-state index contributed by atoms with van der Waals surface area (Å²) in [7, 11) is 0. The highest BCUT2D eigenvalue weighted by Crippen LogP contribution is 2.34. The van der Waals surface area contributed by atoms with Crippen LogP contribution in [0.5, 0.6) is 0 Å². The largest absolute Gasteiger partial charge is 0.501 e. The molecule has 0 aliphatic heterocycles. The second kappa shape index (κ2) is 7.14. The van der Waals surface area contributed by atoms with Gasteiger partial charge in [0, 0.05) is 16.4 Å². The maximum absolute atomic E-state index is 12.6. The van der Waals surface area contributed by atoms with Crippen LogP contribution in [0.1, 0.15) is 30.1 Å². The van der Waals surface area contributed by atoms with E-state index in [0.717, 1.165) is 17.7 Å². The third-order valence-electron chi connectivity index (χ3n) is 3.24. The number of allylic oxidation sites excluding steroid dienone is 1. The number of ether oxygens (including phenoxy) is 1. The fourth-order valence-electron chi connectivity index (χ4n) is 1.91. The van der Waals surface area contributed by atoms with Crippen molar-refractivity contribution in [1.29, 1.82) is 0 Å². The normalized spacial score (nSPS) is 14.9. The van der Waals surface area contributed by atoms with Crippen LogP contribution < -0.4 is 0 Å². The van der Waals surface area contributed by atoms with Crippen LogP contribution in [0.2, 0.25) is 5.02 Å². The molecule has 2 rings (SSSR count). The highest BCUT2D eigenvalue weighted by molar-refractivity contribution is 7.98. The summed E-state index contributed by atoms with van der Waals surface area (Å²) in [5, 5.41) is 0.600. The van der Waals surface area contributed by atoms with E-state index in [2.05, 4.69) is 0 Å². The van der Waals surface area contributed by atoms with Crippen LogP contribution in [0.25, 0.3) is 0 Å². The number of halogens is 1. The number of hydrogen-bond donors (Lipinski definition) is 0. The van der Waals surface area contributed by atoms with Crippen LogP contribution in [0, 0.1) is 5.92 Å². The summed E-state index contributed by atoms with van der Waals surface area (Å²) in [5.74, 6) is -0.436. The SMILES string of the molecule is CCOC=C(C(=O)c1ccc(Cl)c(SC)c1)C(=O)C1CC1. The molecule has 1 aliphatic carbocycles. The van der Waals surface area contributed by atoms with Crippen molar-refractivity contribution in [2.75, 3.05) is 12.9 Å². The van der Waals surface area contributed by atoms with Crippen LogP contribution >= 0.6 is 23.4 Å². The Balaban J connectivity index is 2.31. The van der Waals surface area contributed by atoms with Gasteiger partial charge in [0.05, 0.1) is 17.9 Å². The van der Waals surface area contributed by atoms with Gasteiger partial charge in [0.25, 0.3) is 0 Å². The molecule has 0 saturated heterocycles. The smallest absolute Gasteiger partial charge is 0.199 e. The molecule has 0 aromatic heterocycles. The molecule has 0 unspecified atom stereocenters. The number of ketones is 2. The van der Waals surface area contributed by atoms with Gasteiger partial charge < -0.3 is 4.74 Å². The summed E-state index contributed by atoms with van der Waals surface area (Å²) in [5.41, 5.74) is 0.595. The fraction of sp³-hybridized carbons (Fsp3) is 0.375. The van der Waals surface area contributed by atoms with E-state index in [1.54, 1.807) is 18.2 Å². The van der Waals surface area contributed by atoms with E-state index in [9.17, 15) is 9.59 Å². The van der Waals surface area contributed by atoms with Gasteiger partial charge in [-0.3, -0.25) is 9.59 Å². The molecule has 1 saturated carbocycles. The summed E-state index contributed by atoms with van der Waals surface area (Å²) < 4.78 is 5.18. The van der Waals surface area contributed by atoms with Crippen LogP contribution in [0.15, 0.2) is 34.9 Å². The molecular weight excluding hydrogens is 308 g/mol. The Hall–Kier alpha value is -1.26. The minimum absolute atomic E-state index is 0.0204. The zero-order chi connectivity index (χ0) is 15.4. The lowest BCUT2D eigenvalue weighted by Crippen LogP contribution is -2.15. The monoisotopic (exact) mass is 324 g/mol. The Labute approximate surface area is 133 Å². The average molecular weight is 325 g/mol. The molecule has 1 aliphatic rings. The first-order valence-corrected chi connectivity index (χ1v) is 8.43. The van der Waals surface area contributed by atoms with Gasteiger partial charge in [-0.15, -0.1) is 11.8 Å². The van der Waals surface area contributed by atoms with Gasteiger partial charge in [-0.25, -0.2) is 0 Å². The first-order chi connectivity index (χ1) is 10.1. The third-order valence-corrected chi connectivity index (χ3v) is 4.46. The molecule has 3 nitrogen and oxygen atoms in total. The highest BCUT2D eigenvalue weighted by atomic mass is 35.5. The van der Waals surface area contributed by atoms with Crippen molar-refractivity contribution in [2.24, 2.45) is 5.92 Å². The molecular formula is C16H17ClO3S. The lowest BCUT2D eigenvalue weighted by atomic mass is 9.99. The molecule has 1 aromatic rings. The summed E-state index contributed by atoms with van der Waals surface area (Å²) in [6, 6.07) is 5.04. The van der Waals surface area contributed by atoms with Gasteiger partial charge in [-0.05, 0) is 44.2 Å². The third kappa shape index (κ3) is 3.89. The number of carbonyl (C=O) groups excluding carboxylic acids is 2. The maximum atomic E-state index is 12.6. The average Bonchev–Trinajstić information content (AvgIpc) is 3.32. The fourth-order valence-corrected chi connectivity index (χ4v) is 2.77. The highest BCUT2D eigenvalue weighted by Gasteiger charge is 2.35. The molecule has 0 bridgehead atoms. The molecule has 0 atom stereocenters. The number of rotatable bonds is 7. The van der Waals surface area contributed by atoms with Crippen LogP contribution in [0.4, 0.5) is 0 Å². The van der Waals surface area contributed by atoms with Crippen LogP contribution in [-0.4, -0.2) is 24.4 Å². The van der Waals surface area contributed by atoms with E-state index in [4.69, 9.17) is 16.3 Å². The van der Waals surface area contributed by atoms with E-state index in [0.29, 0.717) is 17.2 Å². The van der Waals surface area contributed by atoms with Crippen molar-refractivity contribution in [3.8, 4) is 0 Å². The Morgan fingerprint density at radius 3 is 2.71 bits per heavy atom. The van der Waals surface area contributed by atoms with Crippen molar-refractivity contribution >= 4 is 34.9 Å². The molecule has 0 heterocycles. The van der Waals surface area contributed by atoms with Gasteiger partial charge >= 0.3 is 0 Å². The zero-order valence-electron chi connectivity index (χ0n) is 12.0. The Kier molecular flexibility index (Phi) is 5.48. The predicted octanol–water partition coefficient (Wildman–Crippen LogP) is 4.14. The van der Waals surface area contributed by atoms with Crippen LogP contribution in [0.3, 0.4) is 0 Å². The van der Waals surface area contributed by atoms with Crippen molar-refractivity contribution in [3.63, 3.8) is 0 Å². The number of Topliss-reactive ketones (excluding diaryl/α,β-unsaturated/α-hetero) is 2. The standard InChI is InChI=1S/C16H17ClO3S/c1-3-20-9-12(15(18)10-4-5-10)16(19)11-6-7-13(17)14(8-11)21-2/h6-10H,3-5H2,1-2H3. The molecule has 1 aromatic carbocycles. The lowest BCUT2D eigenvalue weighted by Gasteiger charge is -2.08. The first kappa shape index (κ1) is 16.1. The summed E-state index contributed by atoms with van der Waals surface area (Å²) >= 11 is 7.51. The van der Waals surface area contributed by atoms with E-state index in [1.807, 2.05) is 13.2 Å². The second-order valence-electron chi connectivity index (χ2n) is 4.80. The Morgan fingerprint density at radius 1 is 1.43 bits per heavy atom. The molecule has 112 valence electrons. The number of thioether (sulfide) groups is 1. The summed E-state index contributed by atoms with van der Waals surface area (Å²) in [6.07, 6.45) is 4.90. The van der Waals surface area contributed by atoms with E-state index in [-0.39, 0.29) is 23.1 Å². The van der Waals surface area contributed by atoms with Gasteiger partial charge in [-0.2, -0.15) is 0 Å². The zero-order valence-corrected chi connectivity index (χ0v) is 13.6. The van der Waals surface area contributed by atoms with Crippen LogP contribution in [-0.2, 0) is 9.53 Å². The van der Waals surface area contributed by atoms with Gasteiger partial charge in [-0.1, -0.05) is 11.6 Å². The topological polar surface area (TPSA) is 43.4 Å². The van der Waals surface area contributed by atoms with Crippen molar-refractivity contribution in [2.45, 2.75) is 24.7 Å². The second-order valence-corrected chi connectivity index (χ2v) is 6.06. The van der Waals surface area contributed by atoms with E-state index in [1.165, 1.54) is 18.0 Å². The van der Waals surface area contributed by atoms with Gasteiger partial charge in [0.2, 0.25) is 0 Å². The molecule has 0 N–H and O–H groups in total. The summed E-state index contributed by atoms with van der Waals surface area (Å²) in [4.78, 5) is 25.6. The number of benzene rings is 1. The molecule has 1 fully saturated rings. The molecule has 0 amide bonds. The lowest BCUT2D eigenvalue weighted by molar-refractivity contribution is -0.116. The molecule has 0 radical (unpaired) electrons. The number of hydrogen-bond acceptors (Lipinski definition) is 4. The first-order valence-electron chi connectivity index (χ1n) is 6.82. The Morgan fingerprint density at radius 2 is 2.14 bits per heavy atom. The minimum atomic E-state index is -0.299. The van der Waals surface area contributed by atoms with Crippen molar-refractivity contribution in [3.05, 3.63) is 40.6 Å². The Bertz CT molecular complexity index is 591. The van der Waals surface area contributed by atoms with E-state index >= 15 is 0 Å². The molecule has 0 spiro atoms. The van der Waals surface area contributed by atoms with Crippen molar-refractivity contribution < 1.29 is 14.3 Å². The predicted molar refractivity (Wildman–Crippen MR) is 85.0 cm³/mol. The maximum Gasteiger partial charge on any atom is 0.199 e. The molecule has 21 heavy (non-hydrogen) atoms. The summed E-state index contributed by atoms with van der Waals surface area (Å²) in [6.45, 7) is 2.24. The number of carbonyl (C=O) groups is 2. The van der Waals surface area contributed by atoms with Gasteiger partial charge in [0.15, 0.2) is 11.6 Å². The molecule has 5 heteroatoms. The van der Waals surface area contributed by atoms with Gasteiger partial charge in [0.1, 0.15) is 5.57 Å². The van der Waals surface area contributed by atoms with E-state index < -0.39 is 0 Å². The minimum Gasteiger partial charge on any atom is -0.501 e. The quantitative estimate of drug-likeness (QED) is 0.189. The van der Waals surface area contributed by atoms with Crippen molar-refractivity contribution in [1.82, 2.24) is 0 Å².